The molecule has 0 fully saturated rings. The molecule has 0 bridgehead atoms. The summed E-state index contributed by atoms with van der Waals surface area (Å²) in [6, 6.07) is 5.72. The second kappa shape index (κ2) is 8.21. The number of nitro benzene ring substituents is 1. The number of nitrogens with one attached hydrogen (secondary N) is 1. The van der Waals surface area contributed by atoms with E-state index in [1.54, 1.807) is 5.38 Å². The Balaban J connectivity index is 2.04. The van der Waals surface area contributed by atoms with E-state index in [-0.39, 0.29) is 21.8 Å². The van der Waals surface area contributed by atoms with Crippen LogP contribution in [0.3, 0.4) is 0 Å². The molecule has 0 unspecified atom stereocenters. The van der Waals surface area contributed by atoms with Crippen LogP contribution in [0.4, 0.5) is 11.4 Å². The Kier molecular flexibility index (Phi) is 6.02. The number of amides is 1. The van der Waals surface area contributed by atoms with Gasteiger partial charge >= 0.3 is 11.9 Å². The number of rotatable bonds is 6. The molecule has 2 rings (SSSR count). The molecule has 0 aliphatic carbocycles. The number of carbonyl (C=O) groups excluding carboxylic acids is 3. The van der Waals surface area contributed by atoms with Crippen LogP contribution >= 0.6 is 11.3 Å². The summed E-state index contributed by atoms with van der Waals surface area (Å²) in [5.74, 6) is -2.30. The number of methoxy groups -OCH3 is 1. The summed E-state index contributed by atoms with van der Waals surface area (Å²) in [7, 11) is 1.21. The molecule has 1 N–H and O–H groups in total. The molecular weight excluding hydrogens is 364 g/mol. The number of para-hydroxylation sites is 1. The van der Waals surface area contributed by atoms with Crippen LogP contribution in [0.25, 0.3) is 0 Å². The molecule has 136 valence electrons. The van der Waals surface area contributed by atoms with Crippen molar-refractivity contribution in [2.45, 2.75) is 6.92 Å². The molecule has 0 atom stereocenters. The van der Waals surface area contributed by atoms with Crippen LogP contribution in [0.2, 0.25) is 0 Å². The van der Waals surface area contributed by atoms with Gasteiger partial charge in [-0.05, 0) is 24.4 Å². The lowest BCUT2D eigenvalue weighted by Crippen LogP contribution is -2.22. The smallest absolute Gasteiger partial charge is 0.350 e. The predicted molar refractivity (Wildman–Crippen MR) is 92.4 cm³/mol. The minimum absolute atomic E-state index is 0.196. The van der Waals surface area contributed by atoms with E-state index in [0.29, 0.717) is 5.56 Å². The summed E-state index contributed by atoms with van der Waals surface area (Å²) in [6.45, 7) is 0.826. The highest BCUT2D eigenvalue weighted by atomic mass is 32.1. The highest BCUT2D eigenvalue weighted by molar-refractivity contribution is 7.12. The highest BCUT2D eigenvalue weighted by Gasteiger charge is 2.24. The van der Waals surface area contributed by atoms with Crippen LogP contribution in [0, 0.1) is 17.0 Å². The van der Waals surface area contributed by atoms with Gasteiger partial charge in [0.1, 0.15) is 10.4 Å². The minimum atomic E-state index is -0.992. The van der Waals surface area contributed by atoms with Crippen molar-refractivity contribution in [3.8, 4) is 0 Å². The molecule has 9 nitrogen and oxygen atoms in total. The third kappa shape index (κ3) is 4.22. The quantitative estimate of drug-likeness (QED) is 0.465. The Labute approximate surface area is 151 Å². The van der Waals surface area contributed by atoms with Gasteiger partial charge in [0.05, 0.1) is 17.7 Å². The molecule has 0 radical (unpaired) electrons. The van der Waals surface area contributed by atoms with Gasteiger partial charge in [-0.1, -0.05) is 12.1 Å². The summed E-state index contributed by atoms with van der Waals surface area (Å²) in [5, 5.41) is 15.1. The Hall–Kier alpha value is -3.27. The molecule has 10 heteroatoms. The van der Waals surface area contributed by atoms with Crippen molar-refractivity contribution in [3.63, 3.8) is 0 Å². The zero-order chi connectivity index (χ0) is 19.3. The highest BCUT2D eigenvalue weighted by Crippen LogP contribution is 2.24. The van der Waals surface area contributed by atoms with Crippen molar-refractivity contribution in [1.29, 1.82) is 0 Å². The molecule has 26 heavy (non-hydrogen) atoms. The number of nitrogens with zero attached hydrogens (tertiary/aromatic N) is 1. The number of carbonyl (C=O) groups is 3. The van der Waals surface area contributed by atoms with Crippen molar-refractivity contribution >= 4 is 40.6 Å². The maximum Gasteiger partial charge on any atom is 0.350 e. The molecular formula is C16H14N2O7S. The fourth-order valence-electron chi connectivity index (χ4n) is 2.12. The van der Waals surface area contributed by atoms with Crippen molar-refractivity contribution in [3.05, 3.63) is 55.8 Å². The van der Waals surface area contributed by atoms with E-state index in [9.17, 15) is 24.5 Å². The Morgan fingerprint density at radius 1 is 1.23 bits per heavy atom. The first-order valence-electron chi connectivity index (χ1n) is 7.22. The second-order valence-electron chi connectivity index (χ2n) is 5.01. The van der Waals surface area contributed by atoms with Crippen molar-refractivity contribution < 1.29 is 28.8 Å². The van der Waals surface area contributed by atoms with Crippen molar-refractivity contribution in [2.75, 3.05) is 19.0 Å². The first-order chi connectivity index (χ1) is 12.3. The number of anilines is 1. The Morgan fingerprint density at radius 2 is 1.96 bits per heavy atom. The van der Waals surface area contributed by atoms with E-state index in [0.717, 1.165) is 11.3 Å². The van der Waals surface area contributed by atoms with Crippen LogP contribution < -0.4 is 5.32 Å². The molecule has 0 aliphatic rings. The largest absolute Gasteiger partial charge is 0.465 e. The van der Waals surface area contributed by atoms with E-state index >= 15 is 0 Å². The number of thiophene rings is 1. The molecule has 0 saturated carbocycles. The predicted octanol–water partition coefficient (Wildman–Crippen LogP) is 2.55. The van der Waals surface area contributed by atoms with E-state index in [4.69, 9.17) is 4.74 Å². The maximum atomic E-state index is 12.1. The summed E-state index contributed by atoms with van der Waals surface area (Å²) in [5.41, 5.74) is -0.0865. The summed E-state index contributed by atoms with van der Waals surface area (Å²) in [4.78, 5) is 46.2. The van der Waals surface area contributed by atoms with Crippen LogP contribution in [0.15, 0.2) is 29.6 Å². The van der Waals surface area contributed by atoms with Gasteiger partial charge in [0, 0.05) is 5.56 Å². The summed E-state index contributed by atoms with van der Waals surface area (Å²) < 4.78 is 9.43. The topological polar surface area (TPSA) is 125 Å². The van der Waals surface area contributed by atoms with Gasteiger partial charge < -0.3 is 14.8 Å². The fourth-order valence-corrected chi connectivity index (χ4v) is 2.89. The first-order valence-corrected chi connectivity index (χ1v) is 8.10. The number of aryl methyl sites for hydroxylation is 1. The van der Waals surface area contributed by atoms with E-state index in [2.05, 4.69) is 10.1 Å². The van der Waals surface area contributed by atoms with E-state index in [1.807, 2.05) is 0 Å². The van der Waals surface area contributed by atoms with Gasteiger partial charge in [-0.25, -0.2) is 9.59 Å². The monoisotopic (exact) mass is 378 g/mol. The molecule has 1 amide bonds. The third-order valence-corrected chi connectivity index (χ3v) is 4.18. The Bertz CT molecular complexity index is 875. The van der Waals surface area contributed by atoms with Crippen LogP contribution in [0.5, 0.6) is 0 Å². The van der Waals surface area contributed by atoms with Gasteiger partial charge in [0.2, 0.25) is 0 Å². The lowest BCUT2D eigenvalue weighted by atomic mass is 10.1. The number of ether oxygens (including phenoxy) is 2. The average Bonchev–Trinajstić information content (AvgIpc) is 3.06. The summed E-state index contributed by atoms with van der Waals surface area (Å²) in [6.07, 6.45) is 0. The molecule has 1 aromatic carbocycles. The van der Waals surface area contributed by atoms with Gasteiger partial charge in [0.15, 0.2) is 6.61 Å². The lowest BCUT2D eigenvalue weighted by Gasteiger charge is -2.08. The van der Waals surface area contributed by atoms with Crippen molar-refractivity contribution in [1.82, 2.24) is 0 Å². The first kappa shape index (κ1) is 19.1. The van der Waals surface area contributed by atoms with Gasteiger partial charge in [-0.3, -0.25) is 14.9 Å². The van der Waals surface area contributed by atoms with Crippen LogP contribution in [-0.4, -0.2) is 36.5 Å². The second-order valence-corrected chi connectivity index (χ2v) is 5.92. The molecule has 1 heterocycles. The number of hydrogen-bond donors (Lipinski definition) is 1. The van der Waals surface area contributed by atoms with Gasteiger partial charge in [0.25, 0.3) is 11.6 Å². The number of benzene rings is 1. The Morgan fingerprint density at radius 3 is 2.62 bits per heavy atom. The normalized spacial score (nSPS) is 10.1. The number of esters is 2. The SMILES string of the molecule is COC(=O)c1sccc1NC(=O)COC(=O)c1cccc(C)c1[N+](=O)[O-]. The fraction of sp³-hybridized carbons (Fsp3) is 0.188. The lowest BCUT2D eigenvalue weighted by molar-refractivity contribution is -0.385. The van der Waals surface area contributed by atoms with Crippen LogP contribution in [0.1, 0.15) is 25.6 Å². The zero-order valence-electron chi connectivity index (χ0n) is 13.8. The molecule has 2 aromatic rings. The molecule has 1 aromatic heterocycles. The average molecular weight is 378 g/mol. The third-order valence-electron chi connectivity index (χ3n) is 3.28. The molecule has 0 saturated heterocycles. The number of nitro groups is 1. The van der Waals surface area contributed by atoms with Gasteiger partial charge in [-0.2, -0.15) is 0 Å². The van der Waals surface area contributed by atoms with E-state index in [1.165, 1.54) is 38.3 Å². The molecule has 0 spiro atoms. The number of hydrogen-bond acceptors (Lipinski definition) is 8. The van der Waals surface area contributed by atoms with Crippen molar-refractivity contribution in [2.24, 2.45) is 0 Å². The summed E-state index contributed by atoms with van der Waals surface area (Å²) >= 11 is 1.08. The maximum absolute atomic E-state index is 12.1. The standard InChI is InChI=1S/C16H14N2O7S/c1-9-4-3-5-10(13(9)18(22)23)15(20)25-8-12(19)17-11-6-7-26-14(11)16(21)24-2/h3-7H,8H2,1-2H3,(H,17,19). The van der Waals surface area contributed by atoms with E-state index < -0.39 is 29.4 Å². The van der Waals surface area contributed by atoms with Gasteiger partial charge in [-0.15, -0.1) is 11.3 Å². The molecule has 0 aliphatic heterocycles. The minimum Gasteiger partial charge on any atom is -0.465 e. The zero-order valence-corrected chi connectivity index (χ0v) is 14.6. The van der Waals surface area contributed by atoms with Crippen LogP contribution in [-0.2, 0) is 14.3 Å².